The Kier molecular flexibility index (Phi) is 63.6. The van der Waals surface area contributed by atoms with E-state index in [4.69, 9.17) is 14.2 Å². The van der Waals surface area contributed by atoms with Gasteiger partial charge in [0, 0.05) is 19.3 Å². The molecule has 0 aromatic carbocycles. The Labute approximate surface area is 474 Å². The average Bonchev–Trinajstić information content (AvgIpc) is 3.42. The molecule has 0 rings (SSSR count). The normalized spacial score (nSPS) is 12.1. The lowest BCUT2D eigenvalue weighted by atomic mass is 10.0. The summed E-state index contributed by atoms with van der Waals surface area (Å²) in [6.07, 6.45) is 79.0. The van der Waals surface area contributed by atoms with Crippen LogP contribution in [0.2, 0.25) is 0 Å². The Morgan fingerprint density at radius 3 is 0.737 bits per heavy atom. The van der Waals surface area contributed by atoms with Gasteiger partial charge in [-0.2, -0.15) is 0 Å². The molecular weight excluding hydrogens is 937 g/mol. The first-order valence-corrected chi connectivity index (χ1v) is 34.3. The van der Waals surface area contributed by atoms with Gasteiger partial charge >= 0.3 is 17.9 Å². The molecule has 0 amide bonds. The maximum atomic E-state index is 12.9. The average molecular weight is 1070 g/mol. The molecule has 0 fully saturated rings. The summed E-state index contributed by atoms with van der Waals surface area (Å²) >= 11 is 0. The van der Waals surface area contributed by atoms with E-state index in [1.807, 2.05) is 0 Å². The fourth-order valence-corrected chi connectivity index (χ4v) is 10.5. The van der Waals surface area contributed by atoms with Gasteiger partial charge in [0.05, 0.1) is 0 Å². The molecule has 6 heteroatoms. The number of rotatable bonds is 64. The van der Waals surface area contributed by atoms with E-state index < -0.39 is 6.10 Å². The third kappa shape index (κ3) is 62.7. The number of carbonyl (C=O) groups is 3. The molecule has 448 valence electrons. The van der Waals surface area contributed by atoms with Crippen molar-refractivity contribution in [2.24, 2.45) is 0 Å². The van der Waals surface area contributed by atoms with Gasteiger partial charge in [-0.05, 0) is 51.4 Å². The number of ether oxygens (including phenoxy) is 3. The maximum absolute atomic E-state index is 12.9. The van der Waals surface area contributed by atoms with Crippen LogP contribution in [-0.4, -0.2) is 37.2 Å². The van der Waals surface area contributed by atoms with Crippen molar-refractivity contribution in [1.82, 2.24) is 0 Å². The minimum absolute atomic E-state index is 0.0671. The molecule has 0 N–H and O–H groups in total. The summed E-state index contributed by atoms with van der Waals surface area (Å²) in [7, 11) is 0. The van der Waals surface area contributed by atoms with Crippen LogP contribution in [0.1, 0.15) is 387 Å². The summed E-state index contributed by atoms with van der Waals surface area (Å²) < 4.78 is 17.0. The molecular formula is C70H132O6. The number of esters is 3. The highest BCUT2D eigenvalue weighted by Gasteiger charge is 2.19. The predicted molar refractivity (Wildman–Crippen MR) is 330 cm³/mol. The van der Waals surface area contributed by atoms with Gasteiger partial charge in [0.25, 0.3) is 0 Å². The third-order valence-electron chi connectivity index (χ3n) is 15.7. The topological polar surface area (TPSA) is 78.9 Å². The minimum Gasteiger partial charge on any atom is -0.462 e. The highest BCUT2D eigenvalue weighted by Crippen LogP contribution is 2.19. The van der Waals surface area contributed by atoms with Gasteiger partial charge in [0.15, 0.2) is 6.10 Å². The first-order valence-electron chi connectivity index (χ1n) is 34.3. The Hall–Kier alpha value is -2.11. The Balaban J connectivity index is 4.31. The summed E-state index contributed by atoms with van der Waals surface area (Å²) in [6, 6.07) is 0. The monoisotopic (exact) mass is 1070 g/mol. The SMILES string of the molecule is CCCCCC/C=C\C/C=C\CCCCCCCCCC(=O)OCC(COC(=O)CCCCCCCCCCCCCCCCCCCCCC)OC(=O)CCCCCCCCCCCCCCCCCCCCCC. The minimum atomic E-state index is -0.771. The Morgan fingerprint density at radius 1 is 0.263 bits per heavy atom. The van der Waals surface area contributed by atoms with Crippen molar-refractivity contribution in [3.8, 4) is 0 Å². The van der Waals surface area contributed by atoms with Crippen LogP contribution >= 0.6 is 0 Å². The van der Waals surface area contributed by atoms with Gasteiger partial charge in [-0.3, -0.25) is 14.4 Å². The second-order valence-electron chi connectivity index (χ2n) is 23.5. The van der Waals surface area contributed by atoms with E-state index in [0.29, 0.717) is 19.3 Å². The molecule has 0 aliphatic heterocycles. The molecule has 0 radical (unpaired) electrons. The van der Waals surface area contributed by atoms with E-state index in [0.717, 1.165) is 70.6 Å². The quantitative estimate of drug-likeness (QED) is 0.0261. The first-order chi connectivity index (χ1) is 37.5. The van der Waals surface area contributed by atoms with E-state index in [1.165, 1.54) is 276 Å². The van der Waals surface area contributed by atoms with Crippen molar-refractivity contribution in [3.63, 3.8) is 0 Å². The summed E-state index contributed by atoms with van der Waals surface area (Å²) in [5.74, 6) is -0.842. The van der Waals surface area contributed by atoms with Gasteiger partial charge < -0.3 is 14.2 Å². The highest BCUT2D eigenvalue weighted by atomic mass is 16.6. The summed E-state index contributed by atoms with van der Waals surface area (Å²) in [6.45, 7) is 6.70. The molecule has 0 aliphatic carbocycles. The highest BCUT2D eigenvalue weighted by molar-refractivity contribution is 5.71. The molecule has 0 spiro atoms. The molecule has 0 saturated carbocycles. The van der Waals surface area contributed by atoms with Gasteiger partial charge in [0.1, 0.15) is 13.2 Å². The van der Waals surface area contributed by atoms with Crippen LogP contribution < -0.4 is 0 Å². The number of hydrogen-bond acceptors (Lipinski definition) is 6. The second kappa shape index (κ2) is 65.4. The molecule has 6 nitrogen and oxygen atoms in total. The van der Waals surface area contributed by atoms with Crippen molar-refractivity contribution in [1.29, 1.82) is 0 Å². The van der Waals surface area contributed by atoms with Gasteiger partial charge in [-0.1, -0.05) is 340 Å². The molecule has 1 atom stereocenters. The zero-order valence-corrected chi connectivity index (χ0v) is 51.6. The number of allylic oxidation sites excluding steroid dienone is 4. The smallest absolute Gasteiger partial charge is 0.306 e. The van der Waals surface area contributed by atoms with Crippen molar-refractivity contribution >= 4 is 17.9 Å². The summed E-state index contributed by atoms with van der Waals surface area (Å²) in [5.41, 5.74) is 0. The zero-order chi connectivity index (χ0) is 55.0. The fraction of sp³-hybridized carbons (Fsp3) is 0.900. The van der Waals surface area contributed by atoms with Crippen LogP contribution in [0.5, 0.6) is 0 Å². The number of carbonyl (C=O) groups excluding carboxylic acids is 3. The molecule has 0 aliphatic rings. The van der Waals surface area contributed by atoms with Crippen molar-refractivity contribution < 1.29 is 28.6 Å². The van der Waals surface area contributed by atoms with Gasteiger partial charge in [0.2, 0.25) is 0 Å². The first kappa shape index (κ1) is 73.9. The zero-order valence-electron chi connectivity index (χ0n) is 51.6. The van der Waals surface area contributed by atoms with Crippen molar-refractivity contribution in [2.75, 3.05) is 13.2 Å². The lowest BCUT2D eigenvalue weighted by Crippen LogP contribution is -2.30. The standard InChI is InChI=1S/C70H132O6/c1-4-7-10-13-16-19-22-25-28-31-34-36-39-42-45-48-51-54-57-60-63-69(72)75-66-67(65-74-68(71)62-59-56-53-50-47-44-41-38-33-30-27-24-21-18-15-12-9-6-3)76-70(73)64-61-58-55-52-49-46-43-40-37-35-32-29-26-23-20-17-14-11-8-5-2/h21,24,30,33,67H,4-20,22-23,25-29,31-32,34-66H2,1-3H3/b24-21-,33-30-. The molecule has 0 saturated heterocycles. The lowest BCUT2D eigenvalue weighted by molar-refractivity contribution is -0.167. The Bertz CT molecular complexity index is 1230. The maximum Gasteiger partial charge on any atom is 0.306 e. The van der Waals surface area contributed by atoms with E-state index >= 15 is 0 Å². The number of unbranched alkanes of at least 4 members (excludes halogenated alkanes) is 49. The van der Waals surface area contributed by atoms with Crippen LogP contribution in [0, 0.1) is 0 Å². The summed E-state index contributed by atoms with van der Waals surface area (Å²) in [4.78, 5) is 38.4. The molecule has 1 unspecified atom stereocenters. The van der Waals surface area contributed by atoms with Crippen LogP contribution in [0.15, 0.2) is 24.3 Å². The molecule has 0 bridgehead atoms. The fourth-order valence-electron chi connectivity index (χ4n) is 10.5. The van der Waals surface area contributed by atoms with E-state index in [2.05, 4.69) is 45.1 Å². The van der Waals surface area contributed by atoms with E-state index in [9.17, 15) is 14.4 Å². The molecule has 0 aromatic rings. The van der Waals surface area contributed by atoms with Gasteiger partial charge in [-0.25, -0.2) is 0 Å². The van der Waals surface area contributed by atoms with Crippen LogP contribution in [0.3, 0.4) is 0 Å². The Morgan fingerprint density at radius 2 is 0.474 bits per heavy atom. The van der Waals surface area contributed by atoms with Crippen molar-refractivity contribution in [2.45, 2.75) is 393 Å². The molecule has 76 heavy (non-hydrogen) atoms. The summed E-state index contributed by atoms with van der Waals surface area (Å²) in [5, 5.41) is 0. The number of hydrogen-bond donors (Lipinski definition) is 0. The molecule has 0 heterocycles. The van der Waals surface area contributed by atoms with Crippen LogP contribution in [0.25, 0.3) is 0 Å². The van der Waals surface area contributed by atoms with Crippen LogP contribution in [-0.2, 0) is 28.6 Å². The van der Waals surface area contributed by atoms with Gasteiger partial charge in [-0.15, -0.1) is 0 Å². The van der Waals surface area contributed by atoms with Crippen LogP contribution in [0.4, 0.5) is 0 Å². The third-order valence-corrected chi connectivity index (χ3v) is 15.7. The predicted octanol–water partition coefficient (Wildman–Crippen LogP) is 23.4. The van der Waals surface area contributed by atoms with E-state index in [-0.39, 0.29) is 31.1 Å². The second-order valence-corrected chi connectivity index (χ2v) is 23.5. The molecule has 0 aromatic heterocycles. The van der Waals surface area contributed by atoms with Crippen molar-refractivity contribution in [3.05, 3.63) is 24.3 Å². The largest absolute Gasteiger partial charge is 0.462 e. The van der Waals surface area contributed by atoms with E-state index in [1.54, 1.807) is 0 Å². The lowest BCUT2D eigenvalue weighted by Gasteiger charge is -2.18.